The Labute approximate surface area is 172 Å². The molecule has 6 nitrogen and oxygen atoms in total. The summed E-state index contributed by atoms with van der Waals surface area (Å²) in [4.78, 5) is 38.2. The minimum atomic E-state index is 0.0830. The number of nitrogens with zero attached hydrogens (tertiary/aromatic N) is 4. The molecule has 154 valence electrons. The summed E-state index contributed by atoms with van der Waals surface area (Å²) in [6, 6.07) is 5.89. The zero-order valence-electron chi connectivity index (χ0n) is 17.2. The molecule has 0 unspecified atom stereocenters. The molecule has 1 saturated heterocycles. The predicted molar refractivity (Wildman–Crippen MR) is 112 cm³/mol. The normalized spacial score (nSPS) is 21.2. The smallest absolute Gasteiger partial charge is 0.225 e. The second-order valence-electron chi connectivity index (χ2n) is 8.50. The molecule has 29 heavy (non-hydrogen) atoms. The van der Waals surface area contributed by atoms with E-state index < -0.39 is 0 Å². The van der Waals surface area contributed by atoms with E-state index in [1.807, 2.05) is 34.2 Å². The van der Waals surface area contributed by atoms with E-state index in [-0.39, 0.29) is 23.7 Å². The van der Waals surface area contributed by atoms with E-state index in [1.165, 1.54) is 6.42 Å². The lowest BCUT2D eigenvalue weighted by Crippen LogP contribution is -2.41. The summed E-state index contributed by atoms with van der Waals surface area (Å²) in [6.45, 7) is 4.27. The lowest BCUT2D eigenvalue weighted by atomic mass is 9.88. The average molecular weight is 395 g/mol. The summed E-state index contributed by atoms with van der Waals surface area (Å²) in [5.41, 5.74) is 2.94. The molecule has 1 aliphatic heterocycles. The van der Waals surface area contributed by atoms with Crippen molar-refractivity contribution in [3.8, 4) is 0 Å². The van der Waals surface area contributed by atoms with Crippen molar-refractivity contribution in [3.05, 3.63) is 36.2 Å². The molecule has 2 aliphatic rings. The van der Waals surface area contributed by atoms with Crippen LogP contribution in [0.15, 0.2) is 30.6 Å². The Morgan fingerprint density at radius 3 is 2.55 bits per heavy atom. The molecular weight excluding hydrogens is 364 g/mol. The molecule has 2 amide bonds. The second-order valence-corrected chi connectivity index (χ2v) is 8.50. The van der Waals surface area contributed by atoms with E-state index in [4.69, 9.17) is 0 Å². The van der Waals surface area contributed by atoms with Gasteiger partial charge in [0.2, 0.25) is 11.8 Å². The molecule has 2 aromatic heterocycles. The standard InChI is InChI=1S/C23H30N4O2/c1-17(28)26-12-13-27(23(29)19-6-3-2-4-7-19)16-18(15-26)14-20-9-11-24-21-8-5-10-25-22(20)21/h5,8-11,18-19H,2-4,6-7,12-16H2,1H3/t18-/m1/s1. The Bertz CT molecular complexity index is 873. The molecule has 3 heterocycles. The van der Waals surface area contributed by atoms with Crippen molar-refractivity contribution in [3.63, 3.8) is 0 Å². The number of carbonyl (C=O) groups excluding carboxylic acids is 2. The van der Waals surface area contributed by atoms with Crippen LogP contribution < -0.4 is 0 Å². The maximum atomic E-state index is 13.2. The summed E-state index contributed by atoms with van der Waals surface area (Å²) in [6.07, 6.45) is 9.97. The Hall–Kier alpha value is -2.50. The molecule has 1 saturated carbocycles. The van der Waals surface area contributed by atoms with Gasteiger partial charge < -0.3 is 9.80 Å². The number of pyridine rings is 2. The fourth-order valence-electron chi connectivity index (χ4n) is 4.84. The molecule has 0 spiro atoms. The van der Waals surface area contributed by atoms with Crippen LogP contribution in [-0.2, 0) is 16.0 Å². The van der Waals surface area contributed by atoms with Crippen molar-refractivity contribution in [1.82, 2.24) is 19.8 Å². The van der Waals surface area contributed by atoms with Crippen molar-refractivity contribution < 1.29 is 9.59 Å². The monoisotopic (exact) mass is 394 g/mol. The lowest BCUT2D eigenvalue weighted by Gasteiger charge is -2.30. The van der Waals surface area contributed by atoms with E-state index in [1.54, 1.807) is 13.1 Å². The first-order chi connectivity index (χ1) is 14.1. The van der Waals surface area contributed by atoms with Crippen molar-refractivity contribution in [2.75, 3.05) is 26.2 Å². The third-order valence-electron chi connectivity index (χ3n) is 6.40. The molecule has 2 fully saturated rings. The molecule has 1 atom stereocenters. The summed E-state index contributed by atoms with van der Waals surface area (Å²) >= 11 is 0. The quantitative estimate of drug-likeness (QED) is 0.802. The maximum absolute atomic E-state index is 13.2. The first-order valence-electron chi connectivity index (χ1n) is 10.8. The number of carbonyl (C=O) groups is 2. The van der Waals surface area contributed by atoms with Gasteiger partial charge in [0.1, 0.15) is 0 Å². The van der Waals surface area contributed by atoms with Crippen LogP contribution in [0.5, 0.6) is 0 Å². The molecule has 4 rings (SSSR count). The average Bonchev–Trinajstić information content (AvgIpc) is 2.97. The summed E-state index contributed by atoms with van der Waals surface area (Å²) in [7, 11) is 0. The lowest BCUT2D eigenvalue weighted by molar-refractivity contribution is -0.137. The van der Waals surface area contributed by atoms with Gasteiger partial charge in [-0.05, 0) is 48.9 Å². The van der Waals surface area contributed by atoms with Crippen LogP contribution in [-0.4, -0.2) is 57.8 Å². The van der Waals surface area contributed by atoms with Crippen molar-refractivity contribution >= 4 is 22.8 Å². The van der Waals surface area contributed by atoms with Gasteiger partial charge in [-0.2, -0.15) is 0 Å². The van der Waals surface area contributed by atoms with E-state index in [9.17, 15) is 9.59 Å². The van der Waals surface area contributed by atoms with Crippen LogP contribution in [0.4, 0.5) is 0 Å². The number of aromatic nitrogens is 2. The molecule has 1 aliphatic carbocycles. The topological polar surface area (TPSA) is 66.4 Å². The molecule has 0 N–H and O–H groups in total. The minimum absolute atomic E-state index is 0.0830. The molecule has 6 heteroatoms. The Balaban J connectivity index is 1.55. The van der Waals surface area contributed by atoms with Gasteiger partial charge in [0.25, 0.3) is 0 Å². The number of hydrogen-bond acceptors (Lipinski definition) is 4. The SMILES string of the molecule is CC(=O)N1CCN(C(=O)C2CCCCC2)C[C@H](Cc2ccnc3cccnc23)C1. The van der Waals surface area contributed by atoms with Gasteiger partial charge in [-0.3, -0.25) is 19.6 Å². The third kappa shape index (κ3) is 4.57. The molecule has 2 aromatic rings. The first kappa shape index (κ1) is 19.8. The fraction of sp³-hybridized carbons (Fsp3) is 0.565. The Kier molecular flexibility index (Phi) is 6.07. The maximum Gasteiger partial charge on any atom is 0.225 e. The third-order valence-corrected chi connectivity index (χ3v) is 6.40. The number of rotatable bonds is 3. The van der Waals surface area contributed by atoms with Gasteiger partial charge in [0, 0.05) is 51.4 Å². The van der Waals surface area contributed by atoms with Crippen molar-refractivity contribution in [2.45, 2.75) is 45.4 Å². The van der Waals surface area contributed by atoms with E-state index in [0.29, 0.717) is 26.2 Å². The highest BCUT2D eigenvalue weighted by Gasteiger charge is 2.31. The molecule has 0 radical (unpaired) electrons. The zero-order chi connectivity index (χ0) is 20.2. The highest BCUT2D eigenvalue weighted by Crippen LogP contribution is 2.27. The summed E-state index contributed by atoms with van der Waals surface area (Å²) < 4.78 is 0. The van der Waals surface area contributed by atoms with Crippen LogP contribution in [0.1, 0.15) is 44.6 Å². The number of fused-ring (bicyclic) bond motifs is 1. The van der Waals surface area contributed by atoms with Crippen LogP contribution in [0.25, 0.3) is 11.0 Å². The minimum Gasteiger partial charge on any atom is -0.341 e. The van der Waals surface area contributed by atoms with Crippen LogP contribution in [0.2, 0.25) is 0 Å². The van der Waals surface area contributed by atoms with E-state index >= 15 is 0 Å². The van der Waals surface area contributed by atoms with Gasteiger partial charge in [-0.1, -0.05) is 19.3 Å². The van der Waals surface area contributed by atoms with Crippen molar-refractivity contribution in [1.29, 1.82) is 0 Å². The predicted octanol–water partition coefficient (Wildman–Crippen LogP) is 3.06. The van der Waals surface area contributed by atoms with Gasteiger partial charge >= 0.3 is 0 Å². The molecular formula is C23H30N4O2. The van der Waals surface area contributed by atoms with Gasteiger partial charge in [0.05, 0.1) is 11.0 Å². The van der Waals surface area contributed by atoms with Gasteiger partial charge in [0.15, 0.2) is 0 Å². The fourth-order valence-corrected chi connectivity index (χ4v) is 4.84. The largest absolute Gasteiger partial charge is 0.341 e. The van der Waals surface area contributed by atoms with Crippen LogP contribution >= 0.6 is 0 Å². The highest BCUT2D eigenvalue weighted by molar-refractivity contribution is 5.80. The Morgan fingerprint density at radius 1 is 1.00 bits per heavy atom. The summed E-state index contributed by atoms with van der Waals surface area (Å²) in [5.74, 6) is 0.732. The van der Waals surface area contributed by atoms with E-state index in [0.717, 1.165) is 48.7 Å². The highest BCUT2D eigenvalue weighted by atomic mass is 16.2. The number of hydrogen-bond donors (Lipinski definition) is 0. The first-order valence-corrected chi connectivity index (χ1v) is 10.8. The van der Waals surface area contributed by atoms with E-state index in [2.05, 4.69) is 9.97 Å². The van der Waals surface area contributed by atoms with Gasteiger partial charge in [-0.15, -0.1) is 0 Å². The van der Waals surface area contributed by atoms with Crippen LogP contribution in [0, 0.1) is 11.8 Å². The summed E-state index contributed by atoms with van der Waals surface area (Å²) in [5, 5.41) is 0. The molecule has 0 bridgehead atoms. The second kappa shape index (κ2) is 8.89. The van der Waals surface area contributed by atoms with Crippen molar-refractivity contribution in [2.24, 2.45) is 11.8 Å². The zero-order valence-corrected chi connectivity index (χ0v) is 17.2. The van der Waals surface area contributed by atoms with Gasteiger partial charge in [-0.25, -0.2) is 0 Å². The Morgan fingerprint density at radius 2 is 1.76 bits per heavy atom. The number of amides is 2. The molecule has 0 aromatic carbocycles. The van der Waals surface area contributed by atoms with Crippen LogP contribution in [0.3, 0.4) is 0 Å².